The van der Waals surface area contributed by atoms with Crippen molar-refractivity contribution in [1.29, 1.82) is 0 Å². The van der Waals surface area contributed by atoms with E-state index in [1.165, 1.54) is 0 Å². The van der Waals surface area contributed by atoms with Crippen LogP contribution in [-0.2, 0) is 12.4 Å². The smallest absolute Gasteiger partial charge is 0.170 e. The van der Waals surface area contributed by atoms with Crippen LogP contribution in [0.25, 0.3) is 0 Å². The summed E-state index contributed by atoms with van der Waals surface area (Å²) in [4.78, 5) is 9.98. The lowest BCUT2D eigenvalue weighted by molar-refractivity contribution is 0.599. The molecule has 19 heavy (non-hydrogen) atoms. The first-order valence-electron chi connectivity index (χ1n) is 6.09. The maximum absolute atomic E-state index is 14.2. The van der Waals surface area contributed by atoms with E-state index in [-0.39, 0.29) is 11.7 Å². The van der Waals surface area contributed by atoms with Gasteiger partial charge in [0.05, 0.1) is 5.88 Å². The molecule has 2 aromatic heterocycles. The van der Waals surface area contributed by atoms with Crippen LogP contribution in [0.2, 0.25) is 0 Å². The number of halogens is 2. The zero-order valence-electron chi connectivity index (χ0n) is 10.7. The molecule has 0 radical (unpaired) electrons. The summed E-state index contributed by atoms with van der Waals surface area (Å²) in [7, 11) is 0. The van der Waals surface area contributed by atoms with E-state index in [1.807, 2.05) is 24.0 Å². The number of rotatable bonds is 5. The van der Waals surface area contributed by atoms with Crippen LogP contribution in [-0.4, -0.2) is 16.5 Å². The van der Waals surface area contributed by atoms with E-state index in [9.17, 15) is 4.39 Å². The molecular formula is C14H15ClFN3. The number of pyridine rings is 2. The Balaban J connectivity index is 2.27. The Hall–Kier alpha value is -1.68. The third kappa shape index (κ3) is 3.20. The summed E-state index contributed by atoms with van der Waals surface area (Å²) in [6.07, 6.45) is 5.04. The minimum Gasteiger partial charge on any atom is -0.350 e. The SMILES string of the molecule is CCN(Cc1ccncc1)c1nccc(CCl)c1F. The number of alkyl halides is 1. The highest BCUT2D eigenvalue weighted by atomic mass is 35.5. The lowest BCUT2D eigenvalue weighted by Crippen LogP contribution is -2.24. The Morgan fingerprint density at radius 3 is 2.58 bits per heavy atom. The molecule has 0 saturated carbocycles. The molecule has 0 aromatic carbocycles. The second-order valence-corrected chi connectivity index (χ2v) is 4.38. The van der Waals surface area contributed by atoms with Gasteiger partial charge in [-0.3, -0.25) is 4.98 Å². The monoisotopic (exact) mass is 279 g/mol. The summed E-state index contributed by atoms with van der Waals surface area (Å²) in [5, 5.41) is 0. The van der Waals surface area contributed by atoms with Gasteiger partial charge in [0.25, 0.3) is 0 Å². The number of anilines is 1. The predicted octanol–water partition coefficient (Wildman–Crippen LogP) is 3.38. The molecule has 2 aromatic rings. The number of aromatic nitrogens is 2. The molecule has 3 nitrogen and oxygen atoms in total. The molecule has 0 aliphatic heterocycles. The average molecular weight is 280 g/mol. The van der Waals surface area contributed by atoms with Gasteiger partial charge < -0.3 is 4.90 Å². The van der Waals surface area contributed by atoms with Gasteiger partial charge in [-0.25, -0.2) is 9.37 Å². The highest BCUT2D eigenvalue weighted by molar-refractivity contribution is 6.17. The van der Waals surface area contributed by atoms with Crippen LogP contribution in [0.1, 0.15) is 18.1 Å². The fraction of sp³-hybridized carbons (Fsp3) is 0.286. The molecule has 0 bridgehead atoms. The van der Waals surface area contributed by atoms with Gasteiger partial charge in [-0.2, -0.15) is 0 Å². The maximum atomic E-state index is 14.2. The molecular weight excluding hydrogens is 265 g/mol. The third-order valence-electron chi connectivity index (χ3n) is 2.90. The van der Waals surface area contributed by atoms with Gasteiger partial charge in [-0.1, -0.05) is 0 Å². The fourth-order valence-corrected chi connectivity index (χ4v) is 2.05. The summed E-state index contributed by atoms with van der Waals surface area (Å²) < 4.78 is 14.2. The fourth-order valence-electron chi connectivity index (χ4n) is 1.84. The number of hydrogen-bond acceptors (Lipinski definition) is 3. The van der Waals surface area contributed by atoms with Crippen molar-refractivity contribution in [2.75, 3.05) is 11.4 Å². The van der Waals surface area contributed by atoms with Crippen LogP contribution in [0.4, 0.5) is 10.2 Å². The highest BCUT2D eigenvalue weighted by Gasteiger charge is 2.15. The second kappa shape index (κ2) is 6.48. The van der Waals surface area contributed by atoms with Crippen molar-refractivity contribution in [2.24, 2.45) is 0 Å². The highest BCUT2D eigenvalue weighted by Crippen LogP contribution is 2.22. The van der Waals surface area contributed by atoms with Crippen molar-refractivity contribution in [3.8, 4) is 0 Å². The van der Waals surface area contributed by atoms with E-state index in [0.29, 0.717) is 24.5 Å². The summed E-state index contributed by atoms with van der Waals surface area (Å²) in [5.74, 6) is 0.152. The first-order chi connectivity index (χ1) is 9.26. The first-order valence-corrected chi connectivity index (χ1v) is 6.63. The topological polar surface area (TPSA) is 29.0 Å². The third-order valence-corrected chi connectivity index (χ3v) is 3.19. The molecule has 0 saturated heterocycles. The normalized spacial score (nSPS) is 10.5. The van der Waals surface area contributed by atoms with Crippen LogP contribution in [0.3, 0.4) is 0 Å². The minimum atomic E-state index is -0.339. The standard InChI is InChI=1S/C14H15ClFN3/c1-2-19(10-11-3-6-17-7-4-11)14-13(16)12(9-15)5-8-18-14/h3-8H,2,9-10H2,1H3. The Labute approximate surface area is 117 Å². The molecule has 5 heteroatoms. The molecule has 0 spiro atoms. The average Bonchev–Trinajstić information content (AvgIpc) is 2.46. The van der Waals surface area contributed by atoms with Gasteiger partial charge in [0.15, 0.2) is 11.6 Å². The zero-order chi connectivity index (χ0) is 13.7. The molecule has 100 valence electrons. The van der Waals surface area contributed by atoms with Gasteiger partial charge in [0.2, 0.25) is 0 Å². The Bertz CT molecular complexity index is 533. The summed E-state index contributed by atoms with van der Waals surface area (Å²) >= 11 is 5.72. The molecule has 0 amide bonds. The van der Waals surface area contributed by atoms with Crippen LogP contribution in [0.15, 0.2) is 36.8 Å². The maximum Gasteiger partial charge on any atom is 0.170 e. The van der Waals surface area contributed by atoms with Crippen molar-refractivity contribution in [1.82, 2.24) is 9.97 Å². The predicted molar refractivity (Wildman–Crippen MR) is 74.7 cm³/mol. The number of hydrogen-bond donors (Lipinski definition) is 0. The molecule has 0 aliphatic carbocycles. The van der Waals surface area contributed by atoms with E-state index < -0.39 is 0 Å². The van der Waals surface area contributed by atoms with Crippen molar-refractivity contribution in [3.63, 3.8) is 0 Å². The van der Waals surface area contributed by atoms with E-state index in [4.69, 9.17) is 11.6 Å². The van der Waals surface area contributed by atoms with Gasteiger partial charge in [-0.05, 0) is 30.7 Å². The quantitative estimate of drug-likeness (QED) is 0.786. The van der Waals surface area contributed by atoms with Gasteiger partial charge >= 0.3 is 0 Å². The van der Waals surface area contributed by atoms with Crippen molar-refractivity contribution < 1.29 is 4.39 Å². The van der Waals surface area contributed by atoms with Crippen molar-refractivity contribution in [3.05, 3.63) is 53.7 Å². The molecule has 0 fully saturated rings. The van der Waals surface area contributed by atoms with Crippen LogP contribution < -0.4 is 4.90 Å². The Kier molecular flexibility index (Phi) is 4.68. The summed E-state index contributed by atoms with van der Waals surface area (Å²) in [6, 6.07) is 5.42. The van der Waals surface area contributed by atoms with E-state index in [1.54, 1.807) is 24.7 Å². The minimum absolute atomic E-state index is 0.147. The van der Waals surface area contributed by atoms with Crippen molar-refractivity contribution >= 4 is 17.4 Å². The zero-order valence-corrected chi connectivity index (χ0v) is 11.4. The van der Waals surface area contributed by atoms with Crippen LogP contribution >= 0.6 is 11.6 Å². The van der Waals surface area contributed by atoms with Crippen molar-refractivity contribution in [2.45, 2.75) is 19.3 Å². The molecule has 0 unspecified atom stereocenters. The molecule has 2 heterocycles. The van der Waals surface area contributed by atoms with Gasteiger partial charge in [-0.15, -0.1) is 11.6 Å². The largest absolute Gasteiger partial charge is 0.350 e. The molecule has 0 atom stereocenters. The Morgan fingerprint density at radius 1 is 1.21 bits per heavy atom. The lowest BCUT2D eigenvalue weighted by Gasteiger charge is -2.23. The molecule has 0 N–H and O–H groups in total. The van der Waals surface area contributed by atoms with E-state index in [2.05, 4.69) is 9.97 Å². The van der Waals surface area contributed by atoms with E-state index in [0.717, 1.165) is 5.56 Å². The van der Waals surface area contributed by atoms with E-state index >= 15 is 0 Å². The Morgan fingerprint density at radius 2 is 1.95 bits per heavy atom. The van der Waals surface area contributed by atoms with Gasteiger partial charge in [0, 0.05) is 37.2 Å². The lowest BCUT2D eigenvalue weighted by atomic mass is 10.2. The first kappa shape index (κ1) is 13.7. The summed E-state index contributed by atoms with van der Waals surface area (Å²) in [5.41, 5.74) is 1.54. The van der Waals surface area contributed by atoms with Crippen LogP contribution in [0.5, 0.6) is 0 Å². The number of nitrogens with zero attached hydrogens (tertiary/aromatic N) is 3. The molecule has 2 rings (SSSR count). The summed E-state index contributed by atoms with van der Waals surface area (Å²) in [6.45, 7) is 3.22. The second-order valence-electron chi connectivity index (χ2n) is 4.11. The van der Waals surface area contributed by atoms with Gasteiger partial charge in [0.1, 0.15) is 0 Å². The molecule has 0 aliphatic rings. The van der Waals surface area contributed by atoms with Crippen LogP contribution in [0, 0.1) is 5.82 Å².